The van der Waals surface area contributed by atoms with Crippen molar-refractivity contribution in [1.29, 1.82) is 0 Å². The van der Waals surface area contributed by atoms with Crippen molar-refractivity contribution < 1.29 is 9.18 Å². The average Bonchev–Trinajstić information content (AvgIpc) is 2.44. The molecule has 2 aromatic rings. The molecule has 4 heteroatoms. The van der Waals surface area contributed by atoms with Crippen molar-refractivity contribution >= 4 is 23.1 Å². The number of rotatable bonds is 4. The molecule has 0 atom stereocenters. The van der Waals surface area contributed by atoms with Crippen LogP contribution in [0.15, 0.2) is 42.5 Å². The molecule has 2 aromatic carbocycles. The van der Waals surface area contributed by atoms with Crippen LogP contribution in [0.2, 0.25) is 5.02 Å². The predicted octanol–water partition coefficient (Wildman–Crippen LogP) is 4.15. The molecule has 0 spiro atoms. The number of halogens is 2. The minimum absolute atomic E-state index is 0.00374. The van der Waals surface area contributed by atoms with Crippen molar-refractivity contribution in [3.05, 3.63) is 64.4 Å². The molecule has 0 bridgehead atoms. The molecule has 0 aromatic heterocycles. The minimum Gasteiger partial charge on any atom is -0.399 e. The second-order valence-electron chi connectivity index (χ2n) is 5.56. The number of anilines is 1. The lowest BCUT2D eigenvalue weighted by atomic mass is 9.78. The number of carbonyl (C=O) groups excluding carboxylic acids is 1. The standard InChI is InChI=1S/C17H17ClFNO/c1-17(2,12-6-8-13(20)9-7-12)15(21)10-11-4-3-5-14(18)16(11)19/h3-9H,10,20H2,1-2H3. The van der Waals surface area contributed by atoms with Crippen molar-refractivity contribution in [2.24, 2.45) is 0 Å². The first-order valence-corrected chi connectivity index (χ1v) is 7.02. The largest absolute Gasteiger partial charge is 0.399 e. The van der Waals surface area contributed by atoms with Gasteiger partial charge in [0.05, 0.1) is 5.02 Å². The smallest absolute Gasteiger partial charge is 0.147 e. The number of nitrogens with two attached hydrogens (primary N) is 1. The van der Waals surface area contributed by atoms with Crippen LogP contribution in [0, 0.1) is 5.82 Å². The SMILES string of the molecule is CC(C)(C(=O)Cc1cccc(Cl)c1F)c1ccc(N)cc1. The van der Waals surface area contributed by atoms with E-state index in [0.29, 0.717) is 11.3 Å². The molecule has 0 aliphatic heterocycles. The highest BCUT2D eigenvalue weighted by Crippen LogP contribution is 2.28. The molecular formula is C17H17ClFNO. The van der Waals surface area contributed by atoms with Crippen LogP contribution < -0.4 is 5.73 Å². The van der Waals surface area contributed by atoms with Crippen LogP contribution in [0.5, 0.6) is 0 Å². The number of nitrogen functional groups attached to an aromatic ring is 1. The molecule has 21 heavy (non-hydrogen) atoms. The van der Waals surface area contributed by atoms with E-state index in [1.165, 1.54) is 6.07 Å². The Bertz CT molecular complexity index is 665. The fourth-order valence-corrected chi connectivity index (χ4v) is 2.33. The predicted molar refractivity (Wildman–Crippen MR) is 84.0 cm³/mol. The van der Waals surface area contributed by atoms with Crippen molar-refractivity contribution in [2.45, 2.75) is 25.7 Å². The van der Waals surface area contributed by atoms with E-state index < -0.39 is 11.2 Å². The number of ketones is 1. The Morgan fingerprint density at radius 2 is 1.81 bits per heavy atom. The molecule has 0 aliphatic carbocycles. The number of Topliss-reactive ketones (excluding diaryl/α,β-unsaturated/α-hetero) is 1. The van der Waals surface area contributed by atoms with Gasteiger partial charge in [0, 0.05) is 17.5 Å². The van der Waals surface area contributed by atoms with Crippen LogP contribution in [0.3, 0.4) is 0 Å². The van der Waals surface area contributed by atoms with Gasteiger partial charge in [-0.1, -0.05) is 35.9 Å². The van der Waals surface area contributed by atoms with Gasteiger partial charge in [-0.05, 0) is 43.2 Å². The maximum Gasteiger partial charge on any atom is 0.147 e. The van der Waals surface area contributed by atoms with Gasteiger partial charge in [0.15, 0.2) is 0 Å². The van der Waals surface area contributed by atoms with Gasteiger partial charge in [0.25, 0.3) is 0 Å². The molecule has 2 rings (SSSR count). The third-order valence-corrected chi connectivity index (χ3v) is 4.00. The van der Waals surface area contributed by atoms with Gasteiger partial charge in [-0.25, -0.2) is 4.39 Å². The molecule has 0 saturated heterocycles. The molecule has 0 unspecified atom stereocenters. The summed E-state index contributed by atoms with van der Waals surface area (Å²) >= 11 is 5.75. The van der Waals surface area contributed by atoms with E-state index in [4.69, 9.17) is 17.3 Å². The van der Waals surface area contributed by atoms with E-state index in [0.717, 1.165) is 5.56 Å². The van der Waals surface area contributed by atoms with Gasteiger partial charge < -0.3 is 5.73 Å². The van der Waals surface area contributed by atoms with Gasteiger partial charge in [0.1, 0.15) is 11.6 Å². The Morgan fingerprint density at radius 3 is 2.43 bits per heavy atom. The summed E-state index contributed by atoms with van der Waals surface area (Å²) in [6.45, 7) is 3.65. The maximum absolute atomic E-state index is 13.9. The molecule has 110 valence electrons. The summed E-state index contributed by atoms with van der Waals surface area (Å²) < 4.78 is 13.9. The lowest BCUT2D eigenvalue weighted by Gasteiger charge is -2.24. The highest BCUT2D eigenvalue weighted by molar-refractivity contribution is 6.30. The number of hydrogen-bond donors (Lipinski definition) is 1. The van der Waals surface area contributed by atoms with Crippen molar-refractivity contribution in [1.82, 2.24) is 0 Å². The topological polar surface area (TPSA) is 43.1 Å². The Hall–Kier alpha value is -1.87. The Balaban J connectivity index is 2.26. The van der Waals surface area contributed by atoms with E-state index in [-0.39, 0.29) is 17.2 Å². The normalized spacial score (nSPS) is 11.4. The molecule has 0 amide bonds. The Morgan fingerprint density at radius 1 is 1.19 bits per heavy atom. The Labute approximate surface area is 128 Å². The fraction of sp³-hybridized carbons (Fsp3) is 0.235. The van der Waals surface area contributed by atoms with Crippen LogP contribution in [0.1, 0.15) is 25.0 Å². The van der Waals surface area contributed by atoms with Crippen LogP contribution in [0.4, 0.5) is 10.1 Å². The maximum atomic E-state index is 13.9. The molecule has 0 fully saturated rings. The monoisotopic (exact) mass is 305 g/mol. The van der Waals surface area contributed by atoms with E-state index >= 15 is 0 Å². The number of benzene rings is 2. The summed E-state index contributed by atoms with van der Waals surface area (Å²) in [4.78, 5) is 12.5. The first kappa shape index (κ1) is 15.5. The molecule has 2 N–H and O–H groups in total. The van der Waals surface area contributed by atoms with Crippen LogP contribution >= 0.6 is 11.6 Å². The van der Waals surface area contributed by atoms with Crippen molar-refractivity contribution in [3.63, 3.8) is 0 Å². The zero-order chi connectivity index (χ0) is 15.6. The molecule has 0 radical (unpaired) electrons. The van der Waals surface area contributed by atoms with Gasteiger partial charge in [-0.15, -0.1) is 0 Å². The molecular weight excluding hydrogens is 289 g/mol. The highest BCUT2D eigenvalue weighted by Gasteiger charge is 2.30. The second-order valence-corrected chi connectivity index (χ2v) is 5.97. The summed E-state index contributed by atoms with van der Waals surface area (Å²) in [5, 5.41) is 0.0330. The lowest BCUT2D eigenvalue weighted by molar-refractivity contribution is -0.122. The Kier molecular flexibility index (Phi) is 4.33. The van der Waals surface area contributed by atoms with Crippen LogP contribution in [0.25, 0.3) is 0 Å². The lowest BCUT2D eigenvalue weighted by Crippen LogP contribution is -2.30. The molecule has 2 nitrogen and oxygen atoms in total. The minimum atomic E-state index is -0.720. The molecule has 0 saturated carbocycles. The first-order valence-electron chi connectivity index (χ1n) is 6.64. The van der Waals surface area contributed by atoms with Gasteiger partial charge in [0.2, 0.25) is 0 Å². The van der Waals surface area contributed by atoms with Crippen LogP contribution in [-0.2, 0) is 16.6 Å². The fourth-order valence-electron chi connectivity index (χ4n) is 2.14. The van der Waals surface area contributed by atoms with Crippen molar-refractivity contribution in [3.8, 4) is 0 Å². The third kappa shape index (κ3) is 3.24. The quantitative estimate of drug-likeness (QED) is 0.862. The van der Waals surface area contributed by atoms with E-state index in [1.807, 2.05) is 26.0 Å². The van der Waals surface area contributed by atoms with Gasteiger partial charge in [-0.3, -0.25) is 4.79 Å². The summed E-state index contributed by atoms with van der Waals surface area (Å²) in [7, 11) is 0. The molecule has 0 aliphatic rings. The zero-order valence-electron chi connectivity index (χ0n) is 12.0. The third-order valence-electron chi connectivity index (χ3n) is 3.71. The number of hydrogen-bond acceptors (Lipinski definition) is 2. The van der Waals surface area contributed by atoms with E-state index in [2.05, 4.69) is 0 Å². The summed E-state index contributed by atoms with van der Waals surface area (Å²) in [6.07, 6.45) is 0.00374. The van der Waals surface area contributed by atoms with E-state index in [1.54, 1.807) is 24.3 Å². The first-order chi connectivity index (χ1) is 9.82. The van der Waals surface area contributed by atoms with E-state index in [9.17, 15) is 9.18 Å². The van der Waals surface area contributed by atoms with Gasteiger partial charge in [-0.2, -0.15) is 0 Å². The number of carbonyl (C=O) groups is 1. The summed E-state index contributed by atoms with van der Waals surface area (Å²) in [5.41, 5.74) is 6.75. The zero-order valence-corrected chi connectivity index (χ0v) is 12.7. The average molecular weight is 306 g/mol. The van der Waals surface area contributed by atoms with Crippen LogP contribution in [-0.4, -0.2) is 5.78 Å². The second kappa shape index (κ2) is 5.86. The highest BCUT2D eigenvalue weighted by atomic mass is 35.5. The summed E-state index contributed by atoms with van der Waals surface area (Å²) in [6, 6.07) is 11.8. The van der Waals surface area contributed by atoms with Gasteiger partial charge >= 0.3 is 0 Å². The molecule has 0 heterocycles. The van der Waals surface area contributed by atoms with Crippen molar-refractivity contribution in [2.75, 3.05) is 5.73 Å². The summed E-state index contributed by atoms with van der Waals surface area (Å²) in [5.74, 6) is -0.603.